The molecule has 1 amide bonds. The third kappa shape index (κ3) is 6.84. The quantitative estimate of drug-likeness (QED) is 0.348. The molecular weight excluding hydrogens is 484 g/mol. The van der Waals surface area contributed by atoms with Crippen LogP contribution in [0.4, 0.5) is 0 Å². The molecule has 0 aromatic carbocycles. The van der Waals surface area contributed by atoms with Crippen LogP contribution in [0.25, 0.3) is 11.1 Å². The number of carbonyl (C=O) groups is 1. The summed E-state index contributed by atoms with van der Waals surface area (Å²) in [7, 11) is 0. The Hall–Kier alpha value is -2.86. The molecule has 0 spiro atoms. The molecule has 4 rings (SSSR count). The zero-order valence-electron chi connectivity index (χ0n) is 25.0. The van der Waals surface area contributed by atoms with Gasteiger partial charge in [-0.25, -0.2) is 0 Å². The van der Waals surface area contributed by atoms with E-state index in [4.69, 9.17) is 4.74 Å². The molecule has 2 fully saturated rings. The highest BCUT2D eigenvalue weighted by Crippen LogP contribution is 2.40. The molecule has 1 aliphatic carbocycles. The molecular formula is C33H48N4O2. The summed E-state index contributed by atoms with van der Waals surface area (Å²) in [5, 5.41) is 10.7. The number of aryl methyl sites for hydroxylation is 1. The van der Waals surface area contributed by atoms with Crippen molar-refractivity contribution in [3.8, 4) is 0 Å². The molecule has 0 atom stereocenters. The molecule has 3 heterocycles. The number of hydrogen-bond donors (Lipinski definition) is 2. The van der Waals surface area contributed by atoms with E-state index in [1.807, 2.05) is 13.1 Å². The molecule has 2 aliphatic rings. The third-order valence-electron chi connectivity index (χ3n) is 8.49. The lowest BCUT2D eigenvalue weighted by Crippen LogP contribution is -2.39. The summed E-state index contributed by atoms with van der Waals surface area (Å²) in [6, 6.07) is 2.24. The molecule has 2 aromatic rings. The van der Waals surface area contributed by atoms with Gasteiger partial charge in [0.2, 0.25) is 0 Å². The van der Waals surface area contributed by atoms with E-state index < -0.39 is 0 Å². The van der Waals surface area contributed by atoms with Gasteiger partial charge in [-0.3, -0.25) is 9.89 Å². The average Bonchev–Trinajstić information content (AvgIpc) is 3.47. The molecule has 0 unspecified atom stereocenters. The Morgan fingerprint density at radius 2 is 1.85 bits per heavy atom. The molecule has 2 aromatic heterocycles. The Kier molecular flexibility index (Phi) is 9.37. The number of hydrogen-bond acceptors (Lipinski definition) is 3. The predicted molar refractivity (Wildman–Crippen MR) is 161 cm³/mol. The Bertz CT molecular complexity index is 1220. The van der Waals surface area contributed by atoms with E-state index in [9.17, 15) is 4.79 Å². The number of rotatable bonds is 8. The van der Waals surface area contributed by atoms with Crippen LogP contribution in [0.2, 0.25) is 0 Å². The Morgan fingerprint density at radius 1 is 1.15 bits per heavy atom. The van der Waals surface area contributed by atoms with Gasteiger partial charge in [0.05, 0.1) is 11.3 Å². The molecule has 6 heteroatoms. The highest BCUT2D eigenvalue weighted by Gasteiger charge is 2.27. The molecule has 1 aliphatic heterocycles. The van der Waals surface area contributed by atoms with Crippen molar-refractivity contribution in [2.75, 3.05) is 13.2 Å². The first kappa shape index (κ1) is 29.1. The van der Waals surface area contributed by atoms with E-state index in [2.05, 4.69) is 79.5 Å². The van der Waals surface area contributed by atoms with Crippen molar-refractivity contribution in [3.63, 3.8) is 0 Å². The first-order valence-electron chi connectivity index (χ1n) is 14.8. The van der Waals surface area contributed by atoms with Gasteiger partial charge < -0.3 is 14.6 Å². The van der Waals surface area contributed by atoms with Crippen LogP contribution < -0.4 is 5.32 Å². The average molecular weight is 533 g/mol. The summed E-state index contributed by atoms with van der Waals surface area (Å²) in [5.41, 5.74) is 8.10. The number of nitrogens with one attached hydrogen (secondary N) is 2. The topological polar surface area (TPSA) is 71.9 Å². The maximum atomic E-state index is 13.5. The Morgan fingerprint density at radius 3 is 2.44 bits per heavy atom. The SMILES string of the molecule is C=C(/C=C(\C(=C/C)c1c[nH]nc1C)C(C)(C)C)c1cc(C(=O)NC2CCOCC2)c(C)n1CC1CCCCC1. The van der Waals surface area contributed by atoms with E-state index in [-0.39, 0.29) is 17.4 Å². The van der Waals surface area contributed by atoms with Crippen molar-refractivity contribution in [2.24, 2.45) is 11.3 Å². The highest BCUT2D eigenvalue weighted by atomic mass is 16.5. The number of H-pyrrole nitrogens is 1. The number of amides is 1. The number of aromatic amines is 1. The maximum Gasteiger partial charge on any atom is 0.253 e. The fourth-order valence-corrected chi connectivity index (χ4v) is 6.14. The van der Waals surface area contributed by atoms with Crippen molar-refractivity contribution in [3.05, 3.63) is 64.8 Å². The summed E-state index contributed by atoms with van der Waals surface area (Å²) < 4.78 is 7.86. The first-order chi connectivity index (χ1) is 18.6. The van der Waals surface area contributed by atoms with Crippen LogP contribution in [0.3, 0.4) is 0 Å². The van der Waals surface area contributed by atoms with Crippen LogP contribution >= 0.6 is 0 Å². The lowest BCUT2D eigenvalue weighted by Gasteiger charge is -2.27. The van der Waals surface area contributed by atoms with Crippen LogP contribution in [-0.2, 0) is 11.3 Å². The standard InChI is InChI=1S/C33H48N4O2/c1-8-27(29-20-34-36-23(29)3)30(33(5,6)7)18-22(2)31-19-28(32(38)35-26-14-16-39-17-15-26)24(4)37(31)21-25-12-10-9-11-13-25/h8,18-20,25-26H,2,9-17,21H2,1,3-7H3,(H,34,36)(H,35,38)/b27-8-,30-18+. The van der Waals surface area contributed by atoms with E-state index >= 15 is 0 Å². The van der Waals surface area contributed by atoms with E-state index in [1.165, 1.54) is 37.7 Å². The van der Waals surface area contributed by atoms with E-state index in [0.717, 1.165) is 58.7 Å². The van der Waals surface area contributed by atoms with E-state index in [1.54, 1.807) is 0 Å². The second-order valence-corrected chi connectivity index (χ2v) is 12.4. The van der Waals surface area contributed by atoms with Crippen LogP contribution in [-0.4, -0.2) is 39.9 Å². The molecule has 39 heavy (non-hydrogen) atoms. The summed E-state index contributed by atoms with van der Waals surface area (Å²) in [4.78, 5) is 13.5. The normalized spacial score (nSPS) is 18.4. The summed E-state index contributed by atoms with van der Waals surface area (Å²) in [6.45, 7) is 19.9. The summed E-state index contributed by atoms with van der Waals surface area (Å²) in [5.74, 6) is 0.646. The molecule has 1 saturated heterocycles. The fraction of sp³-hybridized carbons (Fsp3) is 0.576. The first-order valence-corrected chi connectivity index (χ1v) is 14.8. The van der Waals surface area contributed by atoms with Gasteiger partial charge in [0.1, 0.15) is 0 Å². The minimum absolute atomic E-state index is 0.0130. The lowest BCUT2D eigenvalue weighted by atomic mass is 9.78. The minimum Gasteiger partial charge on any atom is -0.381 e. The monoisotopic (exact) mass is 532 g/mol. The van der Waals surface area contributed by atoms with Gasteiger partial charge in [-0.05, 0) is 86.6 Å². The van der Waals surface area contributed by atoms with Crippen molar-refractivity contribution in [2.45, 2.75) is 99.1 Å². The Balaban J connectivity index is 1.73. The number of aromatic nitrogens is 3. The largest absolute Gasteiger partial charge is 0.381 e. The van der Waals surface area contributed by atoms with Crippen LogP contribution in [0, 0.1) is 25.2 Å². The van der Waals surface area contributed by atoms with Gasteiger partial charge in [0.25, 0.3) is 5.91 Å². The zero-order chi connectivity index (χ0) is 28.2. The zero-order valence-corrected chi connectivity index (χ0v) is 25.0. The fourth-order valence-electron chi connectivity index (χ4n) is 6.14. The second-order valence-electron chi connectivity index (χ2n) is 12.4. The number of carbonyl (C=O) groups excluding carboxylic acids is 1. The third-order valence-corrected chi connectivity index (χ3v) is 8.49. The molecule has 1 saturated carbocycles. The number of nitrogens with zero attached hydrogens (tertiary/aromatic N) is 2. The molecule has 6 nitrogen and oxygen atoms in total. The van der Waals surface area contributed by atoms with Gasteiger partial charge in [-0.2, -0.15) is 5.10 Å². The summed E-state index contributed by atoms with van der Waals surface area (Å²) in [6.07, 6.45) is 14.5. The van der Waals surface area contributed by atoms with Crippen LogP contribution in [0.15, 0.2) is 36.6 Å². The molecule has 0 bridgehead atoms. The minimum atomic E-state index is -0.117. The van der Waals surface area contributed by atoms with Gasteiger partial charge in [0, 0.05) is 48.9 Å². The van der Waals surface area contributed by atoms with Crippen molar-refractivity contribution >= 4 is 17.1 Å². The highest BCUT2D eigenvalue weighted by molar-refractivity contribution is 5.97. The van der Waals surface area contributed by atoms with Gasteiger partial charge in [-0.1, -0.05) is 52.7 Å². The van der Waals surface area contributed by atoms with Crippen molar-refractivity contribution in [1.82, 2.24) is 20.1 Å². The predicted octanol–water partition coefficient (Wildman–Crippen LogP) is 7.41. The van der Waals surface area contributed by atoms with Gasteiger partial charge >= 0.3 is 0 Å². The maximum absolute atomic E-state index is 13.5. The van der Waals surface area contributed by atoms with Crippen LogP contribution in [0.5, 0.6) is 0 Å². The molecule has 0 radical (unpaired) electrons. The lowest BCUT2D eigenvalue weighted by molar-refractivity contribution is 0.0696. The van der Waals surface area contributed by atoms with Crippen molar-refractivity contribution < 1.29 is 9.53 Å². The second kappa shape index (κ2) is 12.5. The molecule has 2 N–H and O–H groups in total. The van der Waals surface area contributed by atoms with Crippen molar-refractivity contribution in [1.29, 1.82) is 0 Å². The number of ether oxygens (including phenoxy) is 1. The summed E-state index contributed by atoms with van der Waals surface area (Å²) >= 11 is 0. The van der Waals surface area contributed by atoms with Gasteiger partial charge in [0.15, 0.2) is 0 Å². The van der Waals surface area contributed by atoms with E-state index in [0.29, 0.717) is 19.1 Å². The Labute approximate surface area is 235 Å². The smallest absolute Gasteiger partial charge is 0.253 e. The van der Waals surface area contributed by atoms with Crippen LogP contribution in [0.1, 0.15) is 106 Å². The molecule has 212 valence electrons. The van der Waals surface area contributed by atoms with Gasteiger partial charge in [-0.15, -0.1) is 0 Å². The number of allylic oxidation sites excluding steroid dienone is 5.